The van der Waals surface area contributed by atoms with E-state index < -0.39 is 0 Å². The van der Waals surface area contributed by atoms with E-state index in [-0.39, 0.29) is 5.92 Å². The number of ether oxygens (including phenoxy) is 1. The van der Waals surface area contributed by atoms with Crippen LogP contribution in [0.1, 0.15) is 22.6 Å². The summed E-state index contributed by atoms with van der Waals surface area (Å²) < 4.78 is 8.20. The Hall–Kier alpha value is -4.58. The monoisotopic (exact) mass is 427 g/mol. The Morgan fingerprint density at radius 2 is 1.64 bits per heavy atom. The van der Waals surface area contributed by atoms with E-state index in [0.717, 1.165) is 44.4 Å². The highest BCUT2D eigenvalue weighted by Gasteiger charge is 2.34. The molecule has 0 N–H and O–H groups in total. The number of nitrogens with zero attached hydrogens (tertiary/aromatic N) is 5. The van der Waals surface area contributed by atoms with E-state index in [2.05, 4.69) is 63.6 Å². The zero-order valence-corrected chi connectivity index (χ0v) is 17.5. The van der Waals surface area contributed by atoms with E-state index in [0.29, 0.717) is 11.7 Å². The molecule has 0 amide bonds. The second-order valence-corrected chi connectivity index (χ2v) is 8.05. The van der Waals surface area contributed by atoms with Crippen molar-refractivity contribution in [2.24, 2.45) is 0 Å². The quantitative estimate of drug-likeness (QED) is 0.358. The first kappa shape index (κ1) is 18.0. The van der Waals surface area contributed by atoms with Crippen LogP contribution in [0.3, 0.4) is 0 Å². The van der Waals surface area contributed by atoms with E-state index in [9.17, 15) is 0 Å². The molecular weight excluding hydrogens is 410 g/mol. The van der Waals surface area contributed by atoms with Crippen LogP contribution in [-0.4, -0.2) is 24.6 Å². The van der Waals surface area contributed by atoms with Crippen molar-refractivity contribution >= 4 is 16.4 Å². The number of pyridine rings is 1. The van der Waals surface area contributed by atoms with Crippen molar-refractivity contribution in [1.82, 2.24) is 24.6 Å². The van der Waals surface area contributed by atoms with Gasteiger partial charge in [0.15, 0.2) is 11.5 Å². The second kappa shape index (κ2) is 6.97. The largest absolute Gasteiger partial charge is 0.438 e. The Bertz CT molecular complexity index is 1640. The molecule has 3 aromatic carbocycles. The van der Waals surface area contributed by atoms with Crippen LogP contribution in [0, 0.1) is 0 Å². The normalized spacial score (nSPS) is 14.6. The summed E-state index contributed by atoms with van der Waals surface area (Å²) in [6.07, 6.45) is 5.15. The summed E-state index contributed by atoms with van der Waals surface area (Å²) >= 11 is 0. The first-order valence-electron chi connectivity index (χ1n) is 10.8. The Balaban J connectivity index is 1.53. The molecule has 0 saturated carbocycles. The van der Waals surface area contributed by atoms with Crippen molar-refractivity contribution < 1.29 is 4.74 Å². The SMILES string of the molecule is c1ccc([C@@H]2c3ccc4ccccc4c3Oc3ncn4nc(-c5ccncc5)nc4c32)cc1. The van der Waals surface area contributed by atoms with Crippen LogP contribution in [0.15, 0.2) is 97.6 Å². The molecule has 1 aliphatic rings. The molecule has 6 aromatic rings. The summed E-state index contributed by atoms with van der Waals surface area (Å²) in [6, 6.07) is 26.8. The Labute approximate surface area is 189 Å². The van der Waals surface area contributed by atoms with Crippen LogP contribution in [-0.2, 0) is 0 Å². The lowest BCUT2D eigenvalue weighted by Crippen LogP contribution is -2.15. The molecule has 0 spiro atoms. The highest BCUT2D eigenvalue weighted by molar-refractivity contribution is 5.91. The van der Waals surface area contributed by atoms with Gasteiger partial charge in [0.1, 0.15) is 12.1 Å². The van der Waals surface area contributed by atoms with Gasteiger partial charge in [0.25, 0.3) is 0 Å². The van der Waals surface area contributed by atoms with E-state index >= 15 is 0 Å². The van der Waals surface area contributed by atoms with Gasteiger partial charge in [-0.15, -0.1) is 5.10 Å². The van der Waals surface area contributed by atoms with Crippen molar-refractivity contribution in [3.63, 3.8) is 0 Å². The molecule has 6 nitrogen and oxygen atoms in total. The molecule has 0 bridgehead atoms. The highest BCUT2D eigenvalue weighted by Crippen LogP contribution is 2.50. The molecule has 0 aliphatic carbocycles. The first-order valence-corrected chi connectivity index (χ1v) is 10.8. The summed E-state index contributed by atoms with van der Waals surface area (Å²) in [4.78, 5) is 13.7. The summed E-state index contributed by atoms with van der Waals surface area (Å²) in [6.45, 7) is 0. The fourth-order valence-corrected chi connectivity index (χ4v) is 4.66. The fourth-order valence-electron chi connectivity index (χ4n) is 4.66. The van der Waals surface area contributed by atoms with Gasteiger partial charge >= 0.3 is 0 Å². The molecule has 1 atom stereocenters. The summed E-state index contributed by atoms with van der Waals surface area (Å²) in [5.41, 5.74) is 4.80. The third-order valence-electron chi connectivity index (χ3n) is 6.17. The molecule has 3 aromatic heterocycles. The maximum absolute atomic E-state index is 6.46. The minimum absolute atomic E-state index is 0.0831. The van der Waals surface area contributed by atoms with Crippen LogP contribution in [0.2, 0.25) is 0 Å². The van der Waals surface area contributed by atoms with Gasteiger partial charge in [-0.1, -0.05) is 66.7 Å². The number of fused-ring (bicyclic) bond motifs is 6. The van der Waals surface area contributed by atoms with Gasteiger partial charge in [-0.2, -0.15) is 0 Å². The van der Waals surface area contributed by atoms with Crippen LogP contribution < -0.4 is 4.74 Å². The van der Waals surface area contributed by atoms with Gasteiger partial charge in [0, 0.05) is 34.8 Å². The van der Waals surface area contributed by atoms with Gasteiger partial charge < -0.3 is 4.74 Å². The van der Waals surface area contributed by atoms with Crippen molar-refractivity contribution in [3.8, 4) is 23.0 Å². The minimum atomic E-state index is -0.0831. The summed E-state index contributed by atoms with van der Waals surface area (Å²) in [7, 11) is 0. The van der Waals surface area contributed by atoms with E-state index in [1.54, 1.807) is 23.2 Å². The summed E-state index contributed by atoms with van der Waals surface area (Å²) in [5.74, 6) is 1.96. The molecule has 33 heavy (non-hydrogen) atoms. The van der Waals surface area contributed by atoms with Crippen LogP contribution in [0.5, 0.6) is 11.6 Å². The lowest BCUT2D eigenvalue weighted by Gasteiger charge is -2.28. The standard InChI is InChI=1S/C27H17N5O/c1-2-7-18(8-3-1)22-21-11-10-17-6-4-5-9-20(17)24(21)33-27-23(22)26-30-25(31-32(26)16-29-27)19-12-14-28-15-13-19/h1-16,22H/t22-/m1/s1. The van der Waals surface area contributed by atoms with Crippen LogP contribution >= 0.6 is 0 Å². The third-order valence-corrected chi connectivity index (χ3v) is 6.17. The Kier molecular flexibility index (Phi) is 3.81. The molecule has 0 radical (unpaired) electrons. The zero-order chi connectivity index (χ0) is 21.8. The number of rotatable bonds is 2. The van der Waals surface area contributed by atoms with Crippen molar-refractivity contribution in [1.29, 1.82) is 0 Å². The van der Waals surface area contributed by atoms with Crippen molar-refractivity contribution in [2.75, 3.05) is 0 Å². The topological polar surface area (TPSA) is 65.2 Å². The summed E-state index contributed by atoms with van der Waals surface area (Å²) in [5, 5.41) is 6.89. The second-order valence-electron chi connectivity index (χ2n) is 8.05. The average Bonchev–Trinajstić information content (AvgIpc) is 3.33. The lowest BCUT2D eigenvalue weighted by atomic mass is 9.83. The third kappa shape index (κ3) is 2.74. The fraction of sp³-hybridized carbons (Fsp3) is 0.0370. The molecule has 0 unspecified atom stereocenters. The number of benzene rings is 3. The van der Waals surface area contributed by atoms with Crippen LogP contribution in [0.25, 0.3) is 27.8 Å². The van der Waals surface area contributed by atoms with E-state index in [1.165, 1.54) is 0 Å². The maximum atomic E-state index is 6.46. The number of aromatic nitrogens is 5. The molecule has 156 valence electrons. The van der Waals surface area contributed by atoms with Gasteiger partial charge in [0.05, 0.1) is 5.56 Å². The highest BCUT2D eigenvalue weighted by atomic mass is 16.5. The Morgan fingerprint density at radius 3 is 2.52 bits per heavy atom. The van der Waals surface area contributed by atoms with Crippen molar-refractivity contribution in [3.05, 3.63) is 114 Å². The van der Waals surface area contributed by atoms with Gasteiger partial charge in [-0.25, -0.2) is 14.5 Å². The van der Waals surface area contributed by atoms with Crippen molar-refractivity contribution in [2.45, 2.75) is 5.92 Å². The molecule has 0 fully saturated rings. The lowest BCUT2D eigenvalue weighted by molar-refractivity contribution is 0.437. The van der Waals surface area contributed by atoms with Gasteiger partial charge in [0.2, 0.25) is 5.88 Å². The van der Waals surface area contributed by atoms with E-state index in [4.69, 9.17) is 9.72 Å². The Morgan fingerprint density at radius 1 is 0.818 bits per heavy atom. The molecule has 0 saturated heterocycles. The van der Waals surface area contributed by atoms with Gasteiger partial charge in [-0.05, 0) is 23.1 Å². The molecular formula is C27H17N5O. The molecule has 4 heterocycles. The first-order chi connectivity index (χ1) is 16.4. The maximum Gasteiger partial charge on any atom is 0.228 e. The van der Waals surface area contributed by atoms with Gasteiger partial charge in [-0.3, -0.25) is 4.98 Å². The molecule has 1 aliphatic heterocycles. The zero-order valence-electron chi connectivity index (χ0n) is 17.5. The average molecular weight is 427 g/mol. The predicted molar refractivity (Wildman–Crippen MR) is 125 cm³/mol. The number of hydrogen-bond donors (Lipinski definition) is 0. The number of hydrogen-bond acceptors (Lipinski definition) is 5. The van der Waals surface area contributed by atoms with E-state index in [1.807, 2.05) is 30.3 Å². The smallest absolute Gasteiger partial charge is 0.228 e. The minimum Gasteiger partial charge on any atom is -0.438 e. The molecule has 6 heteroatoms. The predicted octanol–water partition coefficient (Wildman–Crippen LogP) is 5.63. The van der Waals surface area contributed by atoms with Crippen LogP contribution in [0.4, 0.5) is 0 Å². The molecule has 7 rings (SSSR count).